The number of aromatic nitrogens is 1. The van der Waals surface area contributed by atoms with E-state index < -0.39 is 8.07 Å². The van der Waals surface area contributed by atoms with Gasteiger partial charge < -0.3 is 0 Å². The fraction of sp³-hybridized carbons (Fsp3) is 0.350. The lowest BCUT2D eigenvalue weighted by Gasteiger charge is -2.22. The van der Waals surface area contributed by atoms with E-state index in [1.165, 1.54) is 10.8 Å². The molecule has 0 amide bonds. The summed E-state index contributed by atoms with van der Waals surface area (Å²) < 4.78 is 0. The molecule has 2 rings (SSSR count). The number of nitrogens with zero attached hydrogens (tertiary/aromatic N) is 3. The van der Waals surface area contributed by atoms with Crippen LogP contribution >= 0.6 is 0 Å². The van der Waals surface area contributed by atoms with Crippen molar-refractivity contribution >= 4 is 18.9 Å². The van der Waals surface area contributed by atoms with Crippen LogP contribution in [0.3, 0.4) is 0 Å². The van der Waals surface area contributed by atoms with Crippen LogP contribution in [-0.4, -0.2) is 13.1 Å². The molecule has 1 aromatic carbocycles. The summed E-state index contributed by atoms with van der Waals surface area (Å²) in [4.78, 5) is 8.24. The summed E-state index contributed by atoms with van der Waals surface area (Å²) in [5.74, 6) is 0.566. The average molecular weight is 334 g/mol. The number of rotatable bonds is 4. The van der Waals surface area contributed by atoms with Crippen molar-refractivity contribution in [3.8, 4) is 17.3 Å². The zero-order valence-corrected chi connectivity index (χ0v) is 16.0. The molecule has 0 spiro atoms. The van der Waals surface area contributed by atoms with Crippen molar-refractivity contribution < 1.29 is 0 Å². The van der Waals surface area contributed by atoms with Gasteiger partial charge in [-0.2, -0.15) is 5.26 Å². The molecule has 4 heteroatoms. The van der Waals surface area contributed by atoms with E-state index in [-0.39, 0.29) is 0 Å². The van der Waals surface area contributed by atoms with E-state index >= 15 is 0 Å². The summed E-state index contributed by atoms with van der Waals surface area (Å²) in [7, 11) is -1.47. The molecule has 122 valence electrons. The Hall–Kier alpha value is -2.43. The van der Waals surface area contributed by atoms with Gasteiger partial charge in [0, 0.05) is 17.3 Å². The summed E-state index contributed by atoms with van der Waals surface area (Å²) in [6.07, 6.45) is 3.02. The lowest BCUT2D eigenvalue weighted by Crippen LogP contribution is -2.40. The largest absolute Gasteiger partial charge is 0.258 e. The molecule has 0 aliphatic heterocycles. The third kappa shape index (κ3) is 3.90. The van der Waals surface area contributed by atoms with Crippen LogP contribution in [-0.2, 0) is 6.42 Å². The van der Waals surface area contributed by atoms with Crippen LogP contribution in [0.1, 0.15) is 25.0 Å². The summed E-state index contributed by atoms with van der Waals surface area (Å²) in [6.45, 7) is 18.9. The van der Waals surface area contributed by atoms with Crippen LogP contribution in [0.25, 0.3) is 16.1 Å². The second kappa shape index (κ2) is 6.99. The van der Waals surface area contributed by atoms with E-state index in [0.717, 1.165) is 17.7 Å². The minimum Gasteiger partial charge on any atom is -0.258 e. The van der Waals surface area contributed by atoms with Crippen LogP contribution < -0.4 is 5.19 Å². The Balaban J connectivity index is 2.61. The van der Waals surface area contributed by atoms with E-state index in [1.807, 2.05) is 12.3 Å². The normalized spacial score (nSPS) is 11.2. The Morgan fingerprint density at radius 1 is 1.25 bits per heavy atom. The van der Waals surface area contributed by atoms with Gasteiger partial charge in [-0.1, -0.05) is 39.6 Å². The smallest absolute Gasteiger partial charge is 0.197 e. The fourth-order valence-corrected chi connectivity index (χ4v) is 4.43. The first-order valence-corrected chi connectivity index (χ1v) is 11.7. The predicted molar refractivity (Wildman–Crippen MR) is 102 cm³/mol. The van der Waals surface area contributed by atoms with Gasteiger partial charge in [0.1, 0.15) is 0 Å². The van der Waals surface area contributed by atoms with Crippen molar-refractivity contribution in [3.05, 3.63) is 53.0 Å². The minimum atomic E-state index is -1.47. The van der Waals surface area contributed by atoms with E-state index in [9.17, 15) is 0 Å². The first kappa shape index (κ1) is 17.9. The molecule has 24 heavy (non-hydrogen) atoms. The van der Waals surface area contributed by atoms with Crippen molar-refractivity contribution in [2.45, 2.75) is 39.9 Å². The molecule has 0 bridgehead atoms. The summed E-state index contributed by atoms with van der Waals surface area (Å²) in [6, 6.07) is 9.45. The highest BCUT2D eigenvalue weighted by Crippen LogP contribution is 2.30. The molecule has 0 fully saturated rings. The van der Waals surface area contributed by atoms with E-state index in [0.29, 0.717) is 17.2 Å². The molecular weight excluding hydrogens is 310 g/mol. The van der Waals surface area contributed by atoms with Gasteiger partial charge in [-0.25, -0.2) is 4.85 Å². The van der Waals surface area contributed by atoms with Crippen molar-refractivity contribution in [1.82, 2.24) is 4.98 Å². The van der Waals surface area contributed by atoms with Crippen LogP contribution in [0.2, 0.25) is 19.6 Å². The number of benzene rings is 1. The SMILES string of the molecule is [C-]#[N+]c1cc(C#N)ccc1-c1cc(CC(C)C)c([Si](C)(C)C)cn1. The molecule has 0 saturated heterocycles. The van der Waals surface area contributed by atoms with Gasteiger partial charge in [0.15, 0.2) is 5.69 Å². The zero-order chi connectivity index (χ0) is 17.9. The van der Waals surface area contributed by atoms with E-state index in [4.69, 9.17) is 11.8 Å². The molecule has 0 aliphatic carbocycles. The fourth-order valence-electron chi connectivity index (χ4n) is 2.84. The van der Waals surface area contributed by atoms with Gasteiger partial charge >= 0.3 is 0 Å². The molecule has 1 heterocycles. The molecule has 0 saturated carbocycles. The second-order valence-electron chi connectivity index (χ2n) is 7.53. The summed E-state index contributed by atoms with van der Waals surface area (Å²) in [5.41, 5.74) is 3.96. The van der Waals surface area contributed by atoms with Crippen molar-refractivity contribution in [3.63, 3.8) is 0 Å². The van der Waals surface area contributed by atoms with Gasteiger partial charge in [-0.05, 0) is 41.3 Å². The van der Waals surface area contributed by atoms with Crippen molar-refractivity contribution in [1.29, 1.82) is 5.26 Å². The standard InChI is InChI=1S/C20H23N3Si/c1-14(2)9-16-11-19(23-13-20(16)24(4,5)6)17-8-7-15(12-21)10-18(17)22-3/h7-8,10-11,13-14H,9H2,1-2,4-6H3. The first-order chi connectivity index (χ1) is 11.3. The Bertz CT molecular complexity index is 833. The third-order valence-electron chi connectivity index (χ3n) is 3.95. The maximum absolute atomic E-state index is 9.02. The lowest BCUT2D eigenvalue weighted by atomic mass is 10.00. The Morgan fingerprint density at radius 3 is 2.50 bits per heavy atom. The van der Waals surface area contributed by atoms with Gasteiger partial charge in [-0.3, -0.25) is 4.98 Å². The highest BCUT2D eigenvalue weighted by molar-refractivity contribution is 6.89. The molecule has 0 N–H and O–H groups in total. The molecule has 0 atom stereocenters. The van der Waals surface area contributed by atoms with Crippen molar-refractivity contribution in [2.24, 2.45) is 5.92 Å². The average Bonchev–Trinajstić information content (AvgIpc) is 2.52. The van der Waals surface area contributed by atoms with Gasteiger partial charge in [-0.15, -0.1) is 0 Å². The van der Waals surface area contributed by atoms with E-state index in [2.05, 4.69) is 55.5 Å². The molecule has 0 radical (unpaired) electrons. The van der Waals surface area contributed by atoms with Gasteiger partial charge in [0.2, 0.25) is 0 Å². The highest BCUT2D eigenvalue weighted by Gasteiger charge is 2.22. The molecule has 3 nitrogen and oxygen atoms in total. The van der Waals surface area contributed by atoms with Gasteiger partial charge in [0.05, 0.1) is 26.4 Å². The maximum atomic E-state index is 9.02. The quantitative estimate of drug-likeness (QED) is 0.589. The number of hydrogen-bond donors (Lipinski definition) is 0. The number of hydrogen-bond acceptors (Lipinski definition) is 2. The van der Waals surface area contributed by atoms with Crippen LogP contribution in [0, 0.1) is 23.8 Å². The lowest BCUT2D eigenvalue weighted by molar-refractivity contribution is 0.649. The van der Waals surface area contributed by atoms with E-state index in [1.54, 1.807) is 12.1 Å². The summed E-state index contributed by atoms with van der Waals surface area (Å²) in [5, 5.41) is 10.4. The van der Waals surface area contributed by atoms with Crippen LogP contribution in [0.5, 0.6) is 0 Å². The Kier molecular flexibility index (Phi) is 5.22. The predicted octanol–water partition coefficient (Wildman–Crippen LogP) is 4.91. The van der Waals surface area contributed by atoms with Gasteiger partial charge in [0.25, 0.3) is 0 Å². The Morgan fingerprint density at radius 2 is 1.96 bits per heavy atom. The Labute approximate surface area is 145 Å². The first-order valence-electron chi connectivity index (χ1n) is 8.17. The topological polar surface area (TPSA) is 41.0 Å². The molecule has 1 aromatic heterocycles. The van der Waals surface area contributed by atoms with Crippen LogP contribution in [0.15, 0.2) is 30.5 Å². The third-order valence-corrected chi connectivity index (χ3v) is 6.02. The molecular formula is C20H23N3Si. The maximum Gasteiger partial charge on any atom is 0.197 e. The molecule has 0 aliphatic rings. The highest BCUT2D eigenvalue weighted by atomic mass is 28.3. The number of nitriles is 1. The van der Waals surface area contributed by atoms with Crippen molar-refractivity contribution in [2.75, 3.05) is 0 Å². The molecule has 2 aromatic rings. The summed E-state index contributed by atoms with van der Waals surface area (Å²) >= 11 is 0. The number of pyridine rings is 1. The monoisotopic (exact) mass is 333 g/mol. The minimum absolute atomic E-state index is 0.484. The zero-order valence-electron chi connectivity index (χ0n) is 15.0. The second-order valence-corrected chi connectivity index (χ2v) is 12.6. The van der Waals surface area contributed by atoms with Crippen LogP contribution in [0.4, 0.5) is 5.69 Å². The molecule has 0 unspecified atom stereocenters.